The van der Waals surface area contributed by atoms with E-state index in [1.54, 1.807) is 5.56 Å². The molecule has 82 valence electrons. The summed E-state index contributed by atoms with van der Waals surface area (Å²) in [6.45, 7) is 2.32. The van der Waals surface area contributed by atoms with Gasteiger partial charge in [0.05, 0.1) is 0 Å². The number of fused-ring (bicyclic) bond motifs is 1. The summed E-state index contributed by atoms with van der Waals surface area (Å²) < 4.78 is 0. The van der Waals surface area contributed by atoms with E-state index in [1.165, 1.54) is 24.2 Å². The molecule has 0 fully saturated rings. The Balaban J connectivity index is 1.85. The lowest BCUT2D eigenvalue weighted by Crippen LogP contribution is -2.05. The van der Waals surface area contributed by atoms with Gasteiger partial charge in [-0.25, -0.2) is 0 Å². The van der Waals surface area contributed by atoms with Crippen LogP contribution < -0.4 is 0 Å². The minimum atomic E-state index is 0.814. The summed E-state index contributed by atoms with van der Waals surface area (Å²) in [7, 11) is 0. The Kier molecular flexibility index (Phi) is 4.15. The highest BCUT2D eigenvalue weighted by atomic mass is 79.9. The molecule has 0 amide bonds. The van der Waals surface area contributed by atoms with Crippen molar-refractivity contribution < 1.29 is 0 Å². The zero-order valence-electron chi connectivity index (χ0n) is 9.08. The molecule has 0 aromatic heterocycles. The van der Waals surface area contributed by atoms with Gasteiger partial charge in [-0.2, -0.15) is 0 Å². The molecule has 0 aliphatic carbocycles. The fraction of sp³-hybridized carbons (Fsp3) is 0.538. The van der Waals surface area contributed by atoms with Gasteiger partial charge in [0.2, 0.25) is 0 Å². The molecule has 0 nitrogen and oxygen atoms in total. The van der Waals surface area contributed by atoms with Crippen molar-refractivity contribution in [2.75, 3.05) is 5.33 Å². The van der Waals surface area contributed by atoms with Crippen molar-refractivity contribution in [2.45, 2.75) is 36.3 Å². The van der Waals surface area contributed by atoms with Gasteiger partial charge < -0.3 is 0 Å². The first-order valence-electron chi connectivity index (χ1n) is 5.60. The van der Waals surface area contributed by atoms with Crippen molar-refractivity contribution >= 4 is 27.7 Å². The van der Waals surface area contributed by atoms with E-state index >= 15 is 0 Å². The van der Waals surface area contributed by atoms with Crippen LogP contribution in [-0.4, -0.2) is 10.6 Å². The minimum absolute atomic E-state index is 0.814. The number of benzene rings is 1. The Bertz CT molecular complexity index is 299. The highest BCUT2D eigenvalue weighted by Gasteiger charge is 2.21. The molecule has 1 aliphatic heterocycles. The SMILES string of the molecule is CC(CBr)CCC1Cc2ccccc2S1. The molecule has 0 N–H and O–H groups in total. The summed E-state index contributed by atoms with van der Waals surface area (Å²) in [5, 5.41) is 1.96. The van der Waals surface area contributed by atoms with Crippen LogP contribution >= 0.6 is 27.7 Å². The lowest BCUT2D eigenvalue weighted by atomic mass is 10.0. The number of hydrogen-bond donors (Lipinski definition) is 0. The van der Waals surface area contributed by atoms with Crippen LogP contribution in [0.3, 0.4) is 0 Å². The molecule has 1 aliphatic rings. The molecule has 0 saturated heterocycles. The summed E-state index contributed by atoms with van der Waals surface area (Å²) in [6.07, 6.45) is 3.97. The van der Waals surface area contributed by atoms with E-state index in [2.05, 4.69) is 58.9 Å². The molecule has 1 aromatic carbocycles. The van der Waals surface area contributed by atoms with Crippen molar-refractivity contribution in [3.63, 3.8) is 0 Å². The van der Waals surface area contributed by atoms with Gasteiger partial charge in [-0.15, -0.1) is 11.8 Å². The lowest BCUT2D eigenvalue weighted by molar-refractivity contribution is 0.557. The summed E-state index contributed by atoms with van der Waals surface area (Å²) in [5.74, 6) is 0.814. The predicted octanol–water partition coefficient (Wildman–Crippen LogP) is 4.51. The zero-order chi connectivity index (χ0) is 10.7. The average molecular weight is 285 g/mol. The summed E-state index contributed by atoms with van der Waals surface area (Å²) in [5.41, 5.74) is 1.55. The van der Waals surface area contributed by atoms with Crippen molar-refractivity contribution in [1.82, 2.24) is 0 Å². The molecule has 2 heteroatoms. The van der Waals surface area contributed by atoms with E-state index in [9.17, 15) is 0 Å². The molecule has 0 bridgehead atoms. The first-order valence-corrected chi connectivity index (χ1v) is 7.60. The Hall–Kier alpha value is 0.0500. The van der Waals surface area contributed by atoms with E-state index < -0.39 is 0 Å². The number of rotatable bonds is 4. The largest absolute Gasteiger partial charge is 0.122 e. The van der Waals surface area contributed by atoms with Crippen LogP contribution in [0.25, 0.3) is 0 Å². The Labute approximate surface area is 105 Å². The first-order chi connectivity index (χ1) is 7.29. The molecule has 0 radical (unpaired) electrons. The second-order valence-electron chi connectivity index (χ2n) is 4.39. The molecule has 1 heterocycles. The quantitative estimate of drug-likeness (QED) is 0.733. The van der Waals surface area contributed by atoms with Crippen LogP contribution in [0.2, 0.25) is 0 Å². The highest BCUT2D eigenvalue weighted by Crippen LogP contribution is 2.39. The van der Waals surface area contributed by atoms with Gasteiger partial charge in [0.25, 0.3) is 0 Å². The fourth-order valence-corrected chi connectivity index (χ4v) is 3.62. The molecule has 15 heavy (non-hydrogen) atoms. The Morgan fingerprint density at radius 2 is 2.27 bits per heavy atom. The Morgan fingerprint density at radius 3 is 3.00 bits per heavy atom. The van der Waals surface area contributed by atoms with Crippen molar-refractivity contribution in [1.29, 1.82) is 0 Å². The van der Waals surface area contributed by atoms with Crippen LogP contribution in [0, 0.1) is 5.92 Å². The number of halogens is 1. The molecule has 2 rings (SSSR count). The Morgan fingerprint density at radius 1 is 1.47 bits per heavy atom. The fourth-order valence-electron chi connectivity index (χ4n) is 1.96. The monoisotopic (exact) mass is 284 g/mol. The van der Waals surface area contributed by atoms with Crippen LogP contribution in [0.4, 0.5) is 0 Å². The van der Waals surface area contributed by atoms with E-state index in [0.29, 0.717) is 0 Å². The second kappa shape index (κ2) is 5.40. The third kappa shape index (κ3) is 3.01. The number of hydrogen-bond acceptors (Lipinski definition) is 1. The summed E-state index contributed by atoms with van der Waals surface area (Å²) in [6, 6.07) is 8.84. The maximum atomic E-state index is 3.55. The van der Waals surface area contributed by atoms with Gasteiger partial charge >= 0.3 is 0 Å². The first kappa shape index (κ1) is 11.5. The third-order valence-corrected chi connectivity index (χ3v) is 5.45. The van der Waals surface area contributed by atoms with Gasteiger partial charge in [0.1, 0.15) is 0 Å². The lowest BCUT2D eigenvalue weighted by Gasteiger charge is -2.11. The molecule has 2 unspecified atom stereocenters. The van der Waals surface area contributed by atoms with Gasteiger partial charge in [0.15, 0.2) is 0 Å². The summed E-state index contributed by atoms with van der Waals surface area (Å²) >= 11 is 5.62. The number of thioether (sulfide) groups is 1. The second-order valence-corrected chi connectivity index (χ2v) is 6.38. The highest BCUT2D eigenvalue weighted by molar-refractivity contribution is 9.09. The molecule has 0 spiro atoms. The molecular formula is C13H17BrS. The van der Waals surface area contributed by atoms with Crippen LogP contribution in [-0.2, 0) is 6.42 Å². The average Bonchev–Trinajstić information content (AvgIpc) is 2.68. The van der Waals surface area contributed by atoms with Crippen LogP contribution in [0.1, 0.15) is 25.3 Å². The van der Waals surface area contributed by atoms with Gasteiger partial charge in [-0.1, -0.05) is 41.1 Å². The number of alkyl halides is 1. The van der Waals surface area contributed by atoms with Gasteiger partial charge in [-0.05, 0) is 36.8 Å². The van der Waals surface area contributed by atoms with E-state index in [4.69, 9.17) is 0 Å². The van der Waals surface area contributed by atoms with Gasteiger partial charge in [-0.3, -0.25) is 0 Å². The van der Waals surface area contributed by atoms with Crippen molar-refractivity contribution in [3.05, 3.63) is 29.8 Å². The minimum Gasteiger partial charge on any atom is -0.122 e. The molecular weight excluding hydrogens is 268 g/mol. The normalized spacial score (nSPS) is 21.3. The maximum absolute atomic E-state index is 3.55. The topological polar surface area (TPSA) is 0 Å². The van der Waals surface area contributed by atoms with E-state index in [-0.39, 0.29) is 0 Å². The standard InChI is InChI=1S/C13H17BrS/c1-10(9-14)6-7-12-8-11-4-2-3-5-13(11)15-12/h2-5,10,12H,6-9H2,1H3. The van der Waals surface area contributed by atoms with Crippen molar-refractivity contribution in [2.24, 2.45) is 5.92 Å². The molecule has 2 atom stereocenters. The van der Waals surface area contributed by atoms with Crippen LogP contribution in [0.15, 0.2) is 29.2 Å². The summed E-state index contributed by atoms with van der Waals surface area (Å²) in [4.78, 5) is 1.51. The molecule has 1 aromatic rings. The maximum Gasteiger partial charge on any atom is 0.0135 e. The van der Waals surface area contributed by atoms with E-state index in [1.807, 2.05) is 0 Å². The van der Waals surface area contributed by atoms with Crippen LogP contribution in [0.5, 0.6) is 0 Å². The zero-order valence-corrected chi connectivity index (χ0v) is 11.5. The smallest absolute Gasteiger partial charge is 0.0135 e. The third-order valence-electron chi connectivity index (χ3n) is 2.96. The van der Waals surface area contributed by atoms with Crippen molar-refractivity contribution in [3.8, 4) is 0 Å². The molecule has 0 saturated carbocycles. The van der Waals surface area contributed by atoms with Gasteiger partial charge in [0, 0.05) is 15.5 Å². The van der Waals surface area contributed by atoms with E-state index in [0.717, 1.165) is 16.5 Å². The predicted molar refractivity (Wildman–Crippen MR) is 72.0 cm³/mol.